The van der Waals surface area contributed by atoms with E-state index >= 15 is 0 Å². The largest absolute Gasteiger partial charge is 0.293 e. The Morgan fingerprint density at radius 1 is 1.07 bits per heavy atom. The van der Waals surface area contributed by atoms with Crippen LogP contribution in [0.15, 0.2) is 46.5 Å². The zero-order chi connectivity index (χ0) is 19.7. The number of benzene rings is 1. The molecule has 1 atom stereocenters. The fraction of sp³-hybridized carbons (Fsp3) is 0.429. The second-order valence-electron chi connectivity index (χ2n) is 7.40. The van der Waals surface area contributed by atoms with Gasteiger partial charge in [-0.15, -0.1) is 0 Å². The minimum Gasteiger partial charge on any atom is -0.293 e. The first kappa shape index (κ1) is 19.6. The van der Waals surface area contributed by atoms with Crippen molar-refractivity contribution in [2.24, 2.45) is 0 Å². The lowest BCUT2D eigenvalue weighted by atomic mass is 10.0. The van der Waals surface area contributed by atoms with E-state index in [1.54, 1.807) is 12.1 Å². The Balaban J connectivity index is 1.44. The number of hydrogen-bond donors (Lipinski definition) is 0. The molecule has 1 aliphatic heterocycles. The summed E-state index contributed by atoms with van der Waals surface area (Å²) >= 11 is 1.36. The summed E-state index contributed by atoms with van der Waals surface area (Å²) in [5.41, 5.74) is 3.39. The van der Waals surface area contributed by atoms with Crippen LogP contribution >= 0.6 is 11.8 Å². The van der Waals surface area contributed by atoms with Gasteiger partial charge in [0.1, 0.15) is 4.90 Å². The van der Waals surface area contributed by atoms with Crippen molar-refractivity contribution in [3.8, 4) is 0 Å². The molecule has 0 N–H and O–H groups in total. The number of aromatic nitrogens is 1. The molecule has 2 heterocycles. The monoisotopic (exact) mass is 416 g/mol. The molecule has 7 heteroatoms. The van der Waals surface area contributed by atoms with Crippen LogP contribution in [0.1, 0.15) is 47.7 Å². The lowest BCUT2D eigenvalue weighted by molar-refractivity contribution is 0.0994. The summed E-state index contributed by atoms with van der Waals surface area (Å²) in [7, 11) is -3.45. The molecular formula is C21H24N2O3S2. The molecule has 0 spiro atoms. The van der Waals surface area contributed by atoms with Gasteiger partial charge in [0, 0.05) is 24.8 Å². The summed E-state index contributed by atoms with van der Waals surface area (Å²) in [4.78, 5) is 17.3. The van der Waals surface area contributed by atoms with Crippen molar-refractivity contribution in [1.29, 1.82) is 0 Å². The Labute approximate surface area is 170 Å². The molecule has 148 valence electrons. The number of carbonyl (C=O) groups excluding carboxylic acids is 1. The molecule has 0 amide bonds. The molecule has 0 unspecified atom stereocenters. The van der Waals surface area contributed by atoms with Crippen molar-refractivity contribution in [2.75, 3.05) is 13.1 Å². The Hall–Kier alpha value is -1.70. The van der Waals surface area contributed by atoms with Crippen molar-refractivity contribution in [3.05, 3.63) is 53.2 Å². The van der Waals surface area contributed by atoms with Crippen LogP contribution < -0.4 is 0 Å². The number of aryl methyl sites for hydroxylation is 2. The van der Waals surface area contributed by atoms with Gasteiger partial charge in [0.2, 0.25) is 10.0 Å². The predicted molar refractivity (Wildman–Crippen MR) is 110 cm³/mol. The van der Waals surface area contributed by atoms with Crippen LogP contribution in [-0.4, -0.2) is 41.8 Å². The average molecular weight is 417 g/mol. The molecule has 0 bridgehead atoms. The molecule has 4 rings (SSSR count). The van der Waals surface area contributed by atoms with Crippen LogP contribution in [0.5, 0.6) is 0 Å². The standard InChI is InChI=1S/C21H24N2O3S2/c1-15(21(24)18-8-7-16-5-4-6-17(16)13-18)27-20-10-9-19(14-22-20)28(25,26)23-11-2-3-12-23/h7-10,13-15H,2-6,11-12H2,1H3/t15-/m1/s1. The van der Waals surface area contributed by atoms with Gasteiger partial charge in [-0.25, -0.2) is 13.4 Å². The van der Waals surface area contributed by atoms with Crippen molar-refractivity contribution in [2.45, 2.75) is 54.2 Å². The average Bonchev–Trinajstić information content (AvgIpc) is 3.39. The number of nitrogens with zero attached hydrogens (tertiary/aromatic N) is 2. The maximum absolute atomic E-state index is 12.8. The fourth-order valence-corrected chi connectivity index (χ4v) is 6.19. The molecule has 1 fully saturated rings. The first-order valence-electron chi connectivity index (χ1n) is 9.74. The topological polar surface area (TPSA) is 67.3 Å². The highest BCUT2D eigenvalue weighted by Gasteiger charge is 2.27. The summed E-state index contributed by atoms with van der Waals surface area (Å²) in [6, 6.07) is 9.31. The molecule has 28 heavy (non-hydrogen) atoms. The smallest absolute Gasteiger partial charge is 0.244 e. The summed E-state index contributed by atoms with van der Waals surface area (Å²) in [5.74, 6) is 0.0789. The number of carbonyl (C=O) groups is 1. The fourth-order valence-electron chi connectivity index (χ4n) is 3.86. The van der Waals surface area contributed by atoms with Crippen LogP contribution in [0, 0.1) is 0 Å². The van der Waals surface area contributed by atoms with Crippen LogP contribution in [-0.2, 0) is 22.9 Å². The Morgan fingerprint density at radius 2 is 1.82 bits per heavy atom. The summed E-state index contributed by atoms with van der Waals surface area (Å²) in [6.07, 6.45) is 6.53. The van der Waals surface area contributed by atoms with E-state index in [0.717, 1.165) is 37.7 Å². The van der Waals surface area contributed by atoms with Crippen molar-refractivity contribution in [3.63, 3.8) is 0 Å². The molecule has 2 aliphatic rings. The number of thioether (sulfide) groups is 1. The zero-order valence-corrected chi connectivity index (χ0v) is 17.6. The van der Waals surface area contributed by atoms with E-state index in [0.29, 0.717) is 18.1 Å². The van der Waals surface area contributed by atoms with Crippen molar-refractivity contribution in [1.82, 2.24) is 9.29 Å². The van der Waals surface area contributed by atoms with Crippen LogP contribution in [0.4, 0.5) is 0 Å². The van der Waals surface area contributed by atoms with Crippen LogP contribution in [0.25, 0.3) is 0 Å². The molecule has 5 nitrogen and oxygen atoms in total. The van der Waals surface area contributed by atoms with E-state index in [9.17, 15) is 13.2 Å². The SMILES string of the molecule is C[C@@H](Sc1ccc(S(=O)(=O)N2CCCC2)cn1)C(=O)c1ccc2c(c1)CCC2. The number of sulfonamides is 1. The maximum atomic E-state index is 12.8. The first-order valence-corrected chi connectivity index (χ1v) is 12.1. The minimum atomic E-state index is -3.45. The van der Waals surface area contributed by atoms with Gasteiger partial charge in [-0.1, -0.05) is 23.9 Å². The van der Waals surface area contributed by atoms with E-state index in [1.807, 2.05) is 19.1 Å². The highest BCUT2D eigenvalue weighted by atomic mass is 32.2. The summed E-state index contributed by atoms with van der Waals surface area (Å²) in [6.45, 7) is 3.02. The number of hydrogen-bond acceptors (Lipinski definition) is 5. The van der Waals surface area contributed by atoms with Gasteiger partial charge in [-0.2, -0.15) is 4.31 Å². The molecule has 0 saturated carbocycles. The summed E-state index contributed by atoms with van der Waals surface area (Å²) in [5, 5.41) is 0.371. The lowest BCUT2D eigenvalue weighted by Gasteiger charge is -2.15. The van der Waals surface area contributed by atoms with E-state index in [4.69, 9.17) is 0 Å². The van der Waals surface area contributed by atoms with Crippen LogP contribution in [0.2, 0.25) is 0 Å². The predicted octanol–water partition coefficient (Wildman–Crippen LogP) is 3.72. The van der Waals surface area contributed by atoms with Gasteiger partial charge >= 0.3 is 0 Å². The van der Waals surface area contributed by atoms with Gasteiger partial charge in [0.15, 0.2) is 5.78 Å². The third-order valence-electron chi connectivity index (χ3n) is 5.46. The Bertz CT molecular complexity index is 981. The van der Waals surface area contributed by atoms with E-state index in [2.05, 4.69) is 11.1 Å². The van der Waals surface area contributed by atoms with Gasteiger partial charge in [0.25, 0.3) is 0 Å². The number of ketones is 1. The highest BCUT2D eigenvalue weighted by molar-refractivity contribution is 8.00. The van der Waals surface area contributed by atoms with Crippen LogP contribution in [0.3, 0.4) is 0 Å². The molecule has 2 aromatic rings. The lowest BCUT2D eigenvalue weighted by Crippen LogP contribution is -2.27. The molecule has 1 aromatic heterocycles. The number of rotatable bonds is 6. The Kier molecular flexibility index (Phi) is 5.58. The quantitative estimate of drug-likeness (QED) is 0.530. The van der Waals surface area contributed by atoms with E-state index < -0.39 is 10.0 Å². The number of Topliss-reactive ketones (excluding diaryl/α,β-unsaturated/α-hetero) is 1. The Morgan fingerprint density at radius 3 is 2.54 bits per heavy atom. The van der Waals surface area contributed by atoms with Crippen molar-refractivity contribution >= 4 is 27.6 Å². The highest BCUT2D eigenvalue weighted by Crippen LogP contribution is 2.28. The third kappa shape index (κ3) is 3.88. The van der Waals surface area contributed by atoms with Gasteiger partial charge in [0.05, 0.1) is 10.3 Å². The third-order valence-corrected chi connectivity index (χ3v) is 8.39. The number of fused-ring (bicyclic) bond motifs is 1. The molecule has 1 aliphatic carbocycles. The normalized spacial score (nSPS) is 18.2. The molecular weight excluding hydrogens is 392 g/mol. The zero-order valence-electron chi connectivity index (χ0n) is 15.9. The summed E-state index contributed by atoms with van der Waals surface area (Å²) < 4.78 is 26.7. The first-order chi connectivity index (χ1) is 13.4. The number of pyridine rings is 1. The second kappa shape index (κ2) is 7.97. The molecule has 1 saturated heterocycles. The van der Waals surface area contributed by atoms with E-state index in [-0.39, 0.29) is 15.9 Å². The molecule has 0 radical (unpaired) electrons. The van der Waals surface area contributed by atoms with Gasteiger partial charge in [-0.3, -0.25) is 4.79 Å². The van der Waals surface area contributed by atoms with E-state index in [1.165, 1.54) is 33.4 Å². The second-order valence-corrected chi connectivity index (χ2v) is 10.7. The van der Waals surface area contributed by atoms with Gasteiger partial charge in [-0.05, 0) is 68.4 Å². The minimum absolute atomic E-state index is 0.0789. The maximum Gasteiger partial charge on any atom is 0.244 e. The van der Waals surface area contributed by atoms with Gasteiger partial charge < -0.3 is 0 Å². The molecule has 1 aromatic carbocycles. The van der Waals surface area contributed by atoms with Crippen molar-refractivity contribution < 1.29 is 13.2 Å².